The second-order valence-corrected chi connectivity index (χ2v) is 13.8. The highest BCUT2D eigenvalue weighted by atomic mass is 16.6. The summed E-state index contributed by atoms with van der Waals surface area (Å²) < 4.78 is 18.5. The molecule has 260 valence electrons. The Morgan fingerprint density at radius 3 is 2.52 bits per heavy atom. The molecule has 0 aromatic heterocycles. The number of carbonyl (C=O) groups is 4. The van der Waals surface area contributed by atoms with E-state index in [0.29, 0.717) is 51.3 Å². The van der Waals surface area contributed by atoms with Gasteiger partial charge in [-0.2, -0.15) is 0 Å². The Hall–Kier alpha value is -3.58. The van der Waals surface area contributed by atoms with Gasteiger partial charge in [-0.1, -0.05) is 68.5 Å². The number of carbonyl (C=O) groups excluding carboxylic acids is 4. The summed E-state index contributed by atoms with van der Waals surface area (Å²) in [5.74, 6) is -3.46. The van der Waals surface area contributed by atoms with E-state index in [1.165, 1.54) is 4.90 Å². The zero-order chi connectivity index (χ0) is 33.8. The smallest absolute Gasteiger partial charge is 0.313 e. The summed E-state index contributed by atoms with van der Waals surface area (Å²) in [6.45, 7) is 8.05. The van der Waals surface area contributed by atoms with E-state index < -0.39 is 53.6 Å². The number of amides is 3. The number of aliphatic hydroxyl groups is 1. The zero-order valence-corrected chi connectivity index (χ0v) is 27.9. The number of allylic oxidation sites excluding steroid dienone is 1. The minimum Gasteiger partial charge on any atom is -0.455 e. The maximum absolute atomic E-state index is 14.8. The highest BCUT2D eigenvalue weighted by Crippen LogP contribution is 2.54. The zero-order valence-electron chi connectivity index (χ0n) is 27.9. The van der Waals surface area contributed by atoms with Crippen LogP contribution in [-0.2, 0) is 33.4 Å². The van der Waals surface area contributed by atoms with E-state index >= 15 is 0 Å². The molecule has 0 bridgehead atoms. The summed E-state index contributed by atoms with van der Waals surface area (Å²) in [6.07, 6.45) is 6.66. The summed E-state index contributed by atoms with van der Waals surface area (Å²) in [6, 6.07) is 7.46. The van der Waals surface area contributed by atoms with Crippen LogP contribution in [0.15, 0.2) is 54.6 Å². The van der Waals surface area contributed by atoms with Crippen molar-refractivity contribution in [1.82, 2.24) is 20.0 Å². The first-order valence-electron chi connectivity index (χ1n) is 17.3. The number of esters is 1. The molecule has 1 aromatic rings. The minimum atomic E-state index is -1.46. The fourth-order valence-corrected chi connectivity index (χ4v) is 7.89. The summed E-state index contributed by atoms with van der Waals surface area (Å²) in [5, 5.41) is 13.5. The third kappa shape index (κ3) is 6.80. The highest BCUT2D eigenvalue weighted by molar-refractivity contribution is 5.99. The number of benzene rings is 1. The number of nitrogens with one attached hydrogen (secondary N) is 1. The fraction of sp³-hybridized carbons (Fsp3) is 0.611. The maximum Gasteiger partial charge on any atom is 0.313 e. The molecular weight excluding hydrogens is 616 g/mol. The largest absolute Gasteiger partial charge is 0.455 e. The van der Waals surface area contributed by atoms with Gasteiger partial charge in [0.25, 0.3) is 0 Å². The lowest BCUT2D eigenvalue weighted by Gasteiger charge is -2.39. The van der Waals surface area contributed by atoms with Crippen molar-refractivity contribution in [2.24, 2.45) is 17.8 Å². The van der Waals surface area contributed by atoms with E-state index in [4.69, 9.17) is 14.2 Å². The number of hydrogen-bond acceptors (Lipinski definition) is 9. The van der Waals surface area contributed by atoms with E-state index in [9.17, 15) is 24.3 Å². The SMILES string of the molecule is CC(C)C[C@H](CO)N1C(=O)[C@@H]2[C@H]3C(=O)O[C@H](c4ccccc4)CNC(=O)CC/C=C\[C@H]3O[C@@]23C=CCN(CCN2CCOCC2)C(=O)[C@@H]13. The van der Waals surface area contributed by atoms with Gasteiger partial charge in [-0.3, -0.25) is 24.1 Å². The normalized spacial score (nSPS) is 32.8. The number of fused-ring (bicyclic) bond motifs is 2. The van der Waals surface area contributed by atoms with Gasteiger partial charge in [0.05, 0.1) is 44.4 Å². The number of aliphatic hydroxyl groups excluding tert-OH is 1. The number of rotatable bonds is 8. The molecule has 12 heteroatoms. The van der Waals surface area contributed by atoms with Crippen LogP contribution in [0.5, 0.6) is 0 Å². The fourth-order valence-electron chi connectivity index (χ4n) is 7.89. The molecule has 48 heavy (non-hydrogen) atoms. The van der Waals surface area contributed by atoms with Gasteiger partial charge in [0.15, 0.2) is 0 Å². The summed E-state index contributed by atoms with van der Waals surface area (Å²) in [7, 11) is 0. The van der Waals surface area contributed by atoms with Crippen molar-refractivity contribution in [1.29, 1.82) is 0 Å². The summed E-state index contributed by atoms with van der Waals surface area (Å²) in [5.41, 5.74) is -0.750. The van der Waals surface area contributed by atoms with Crippen LogP contribution in [0.4, 0.5) is 0 Å². The van der Waals surface area contributed by atoms with Crippen molar-refractivity contribution >= 4 is 23.7 Å². The van der Waals surface area contributed by atoms with Crippen LogP contribution in [0.1, 0.15) is 44.8 Å². The maximum atomic E-state index is 14.8. The van der Waals surface area contributed by atoms with E-state index in [1.807, 2.05) is 56.3 Å². The second kappa shape index (κ2) is 14.9. The van der Waals surface area contributed by atoms with Crippen LogP contribution < -0.4 is 5.32 Å². The topological polar surface area (TPSA) is 138 Å². The molecule has 2 N–H and O–H groups in total. The molecule has 3 fully saturated rings. The first-order chi connectivity index (χ1) is 23.2. The van der Waals surface area contributed by atoms with Crippen molar-refractivity contribution in [2.75, 3.05) is 59.1 Å². The number of nitrogens with zero attached hydrogens (tertiary/aromatic N) is 3. The Morgan fingerprint density at radius 1 is 1.02 bits per heavy atom. The van der Waals surface area contributed by atoms with Crippen molar-refractivity contribution in [3.63, 3.8) is 0 Å². The first-order valence-corrected chi connectivity index (χ1v) is 17.3. The Morgan fingerprint density at radius 2 is 1.79 bits per heavy atom. The van der Waals surface area contributed by atoms with E-state index in [-0.39, 0.29) is 37.3 Å². The molecule has 1 spiro atoms. The Bertz CT molecular complexity index is 1400. The van der Waals surface area contributed by atoms with Crippen LogP contribution in [0.25, 0.3) is 0 Å². The molecule has 6 rings (SSSR count). The predicted octanol–water partition coefficient (Wildman–Crippen LogP) is 1.46. The minimum absolute atomic E-state index is 0.0759. The third-order valence-corrected chi connectivity index (χ3v) is 10.2. The Balaban J connectivity index is 1.38. The summed E-state index contributed by atoms with van der Waals surface area (Å²) >= 11 is 0. The second-order valence-electron chi connectivity index (χ2n) is 13.8. The summed E-state index contributed by atoms with van der Waals surface area (Å²) in [4.78, 5) is 62.0. The van der Waals surface area contributed by atoms with E-state index in [0.717, 1.165) is 13.1 Å². The number of cyclic esters (lactones) is 1. The monoisotopic (exact) mass is 664 g/mol. The van der Waals surface area contributed by atoms with Crippen molar-refractivity contribution < 1.29 is 38.5 Å². The molecular formula is C36H48N4O8. The molecule has 7 atom stereocenters. The van der Waals surface area contributed by atoms with Gasteiger partial charge in [-0.25, -0.2) is 0 Å². The molecule has 5 heterocycles. The quantitative estimate of drug-likeness (QED) is 0.313. The van der Waals surface area contributed by atoms with Gasteiger partial charge in [-0.15, -0.1) is 0 Å². The van der Waals surface area contributed by atoms with E-state index in [2.05, 4.69) is 10.2 Å². The van der Waals surface area contributed by atoms with Crippen molar-refractivity contribution in [3.05, 3.63) is 60.2 Å². The molecule has 0 radical (unpaired) electrons. The molecule has 12 nitrogen and oxygen atoms in total. The molecule has 1 aromatic carbocycles. The molecule has 0 aliphatic carbocycles. The average molecular weight is 665 g/mol. The lowest BCUT2D eigenvalue weighted by Crippen LogP contribution is -2.59. The van der Waals surface area contributed by atoms with Crippen LogP contribution >= 0.6 is 0 Å². The lowest BCUT2D eigenvalue weighted by molar-refractivity contribution is -0.161. The van der Waals surface area contributed by atoms with Gasteiger partial charge < -0.3 is 34.4 Å². The standard InChI is InChI=1S/C36H48N4O8/c1-24(2)21-26(23-41)40-32-34(44)39(16-15-38-17-19-46-20-18-38)14-8-13-36(32)31(33(40)43)30-27(48-36)11-6-7-12-29(42)37-22-28(47-35(30)45)25-9-4-3-5-10-25/h3-6,8-11,13,24,26-28,30-32,41H,7,12,14-23H2,1-2H3,(H,37,42)/b11-6-/t26-,27-,28+,30+,31+,32-,36+/m1/s1. The molecule has 0 saturated carbocycles. The predicted molar refractivity (Wildman–Crippen MR) is 175 cm³/mol. The number of morpholine rings is 1. The lowest BCUT2D eigenvalue weighted by atomic mass is 9.78. The number of hydrogen-bond donors (Lipinski definition) is 2. The van der Waals surface area contributed by atoms with Gasteiger partial charge in [-0.05, 0) is 24.3 Å². The third-order valence-electron chi connectivity index (χ3n) is 10.2. The average Bonchev–Trinajstić information content (AvgIpc) is 3.48. The van der Waals surface area contributed by atoms with Crippen LogP contribution in [0.2, 0.25) is 0 Å². The molecule has 5 aliphatic heterocycles. The number of ether oxygens (including phenoxy) is 3. The molecule has 3 saturated heterocycles. The number of likely N-dealkylation sites (tertiary alicyclic amines) is 1. The Kier molecular flexibility index (Phi) is 10.6. The van der Waals surface area contributed by atoms with Crippen LogP contribution in [-0.4, -0.2) is 126 Å². The van der Waals surface area contributed by atoms with Crippen LogP contribution in [0.3, 0.4) is 0 Å². The van der Waals surface area contributed by atoms with Gasteiger partial charge in [0, 0.05) is 39.1 Å². The molecule has 0 unspecified atom stereocenters. The Labute approximate surface area is 282 Å². The van der Waals surface area contributed by atoms with Gasteiger partial charge in [0.2, 0.25) is 17.7 Å². The van der Waals surface area contributed by atoms with Crippen molar-refractivity contribution in [2.45, 2.75) is 63.0 Å². The first kappa shape index (κ1) is 34.3. The van der Waals surface area contributed by atoms with Gasteiger partial charge >= 0.3 is 5.97 Å². The van der Waals surface area contributed by atoms with Gasteiger partial charge in [0.1, 0.15) is 23.7 Å². The van der Waals surface area contributed by atoms with E-state index in [1.54, 1.807) is 17.1 Å². The highest BCUT2D eigenvalue weighted by Gasteiger charge is 2.72. The van der Waals surface area contributed by atoms with Crippen LogP contribution in [0, 0.1) is 17.8 Å². The molecule has 3 amide bonds. The molecule has 5 aliphatic rings. The van der Waals surface area contributed by atoms with Crippen molar-refractivity contribution in [3.8, 4) is 0 Å².